The second kappa shape index (κ2) is 2.21. The summed E-state index contributed by atoms with van der Waals surface area (Å²) in [4.78, 5) is 10.9. The molecule has 2 bridgehead atoms. The summed E-state index contributed by atoms with van der Waals surface area (Å²) in [6.07, 6.45) is 3.95. The molecule has 2 unspecified atom stereocenters. The molecule has 2 fully saturated rings. The van der Waals surface area contributed by atoms with Gasteiger partial charge in [-0.3, -0.25) is 4.79 Å². The highest BCUT2D eigenvalue weighted by atomic mass is 16.4. The molecule has 0 radical (unpaired) electrons. The zero-order valence-electron chi connectivity index (χ0n) is 6.47. The Morgan fingerprint density at radius 2 is 2.45 bits per heavy atom. The van der Waals surface area contributed by atoms with Crippen LogP contribution in [0.1, 0.15) is 25.7 Å². The zero-order chi connectivity index (χ0) is 7.90. The van der Waals surface area contributed by atoms with Gasteiger partial charge >= 0.3 is 5.97 Å². The van der Waals surface area contributed by atoms with E-state index in [2.05, 4.69) is 5.32 Å². The van der Waals surface area contributed by atoms with Crippen LogP contribution in [0.2, 0.25) is 0 Å². The third kappa shape index (κ3) is 0.948. The molecule has 62 valence electrons. The number of hydrogen-bond donors (Lipinski definition) is 2. The van der Waals surface area contributed by atoms with Gasteiger partial charge in [0.1, 0.15) is 5.54 Å². The molecule has 1 aliphatic heterocycles. The van der Waals surface area contributed by atoms with Crippen LogP contribution in [0.5, 0.6) is 0 Å². The van der Waals surface area contributed by atoms with Gasteiger partial charge in [0.15, 0.2) is 0 Å². The molecule has 1 saturated heterocycles. The molecule has 0 aromatic rings. The minimum atomic E-state index is -0.653. The molecule has 2 rings (SSSR count). The highest BCUT2D eigenvalue weighted by Crippen LogP contribution is 2.37. The van der Waals surface area contributed by atoms with Crippen molar-refractivity contribution < 1.29 is 9.90 Å². The van der Waals surface area contributed by atoms with Crippen LogP contribution in [0.4, 0.5) is 0 Å². The highest BCUT2D eigenvalue weighted by Gasteiger charge is 2.47. The van der Waals surface area contributed by atoms with E-state index >= 15 is 0 Å². The molecular weight excluding hydrogens is 142 g/mol. The van der Waals surface area contributed by atoms with E-state index in [-0.39, 0.29) is 0 Å². The van der Waals surface area contributed by atoms with Gasteiger partial charge in [0.2, 0.25) is 0 Å². The first-order valence-electron chi connectivity index (χ1n) is 4.21. The molecule has 0 spiro atoms. The van der Waals surface area contributed by atoms with Crippen LogP contribution in [0.15, 0.2) is 0 Å². The van der Waals surface area contributed by atoms with E-state index in [1.54, 1.807) is 0 Å². The second-order valence-corrected chi connectivity index (χ2v) is 3.73. The van der Waals surface area contributed by atoms with Crippen LogP contribution >= 0.6 is 0 Å². The molecule has 1 aliphatic carbocycles. The fourth-order valence-corrected chi connectivity index (χ4v) is 2.33. The summed E-state index contributed by atoms with van der Waals surface area (Å²) in [7, 11) is 0. The van der Waals surface area contributed by atoms with Crippen LogP contribution in [0.25, 0.3) is 0 Å². The van der Waals surface area contributed by atoms with Gasteiger partial charge in [-0.15, -0.1) is 0 Å². The summed E-state index contributed by atoms with van der Waals surface area (Å²) in [5, 5.41) is 12.1. The maximum atomic E-state index is 10.9. The van der Waals surface area contributed by atoms with Crippen molar-refractivity contribution >= 4 is 5.97 Å². The third-order valence-corrected chi connectivity index (χ3v) is 2.99. The summed E-state index contributed by atoms with van der Waals surface area (Å²) in [6, 6.07) is 0. The monoisotopic (exact) mass is 155 g/mol. The summed E-state index contributed by atoms with van der Waals surface area (Å²) in [5.74, 6) is -0.0282. The van der Waals surface area contributed by atoms with Gasteiger partial charge in [-0.1, -0.05) is 6.42 Å². The number of rotatable bonds is 1. The summed E-state index contributed by atoms with van der Waals surface area (Å²) < 4.78 is 0. The first kappa shape index (κ1) is 7.10. The molecule has 11 heavy (non-hydrogen) atoms. The lowest BCUT2D eigenvalue weighted by molar-refractivity contribution is -0.145. The standard InChI is InChI=1S/C8H13NO2/c10-7(11)8-3-1-2-6(4-8)5-9-8/h6,9H,1-5H2,(H,10,11). The SMILES string of the molecule is O=C(O)C12CCCC(CN1)C2. The van der Waals surface area contributed by atoms with Crippen LogP contribution in [-0.2, 0) is 4.79 Å². The zero-order valence-corrected chi connectivity index (χ0v) is 6.47. The van der Waals surface area contributed by atoms with Crippen molar-refractivity contribution in [3.05, 3.63) is 0 Å². The van der Waals surface area contributed by atoms with Crippen molar-refractivity contribution in [2.75, 3.05) is 6.54 Å². The van der Waals surface area contributed by atoms with Crippen molar-refractivity contribution in [1.29, 1.82) is 0 Å². The number of carboxylic acids is 1. The Bertz CT molecular complexity index is 189. The average Bonchev–Trinajstić information content (AvgIpc) is 2.29. The van der Waals surface area contributed by atoms with Gasteiger partial charge in [-0.25, -0.2) is 0 Å². The van der Waals surface area contributed by atoms with Crippen molar-refractivity contribution in [1.82, 2.24) is 5.32 Å². The molecule has 3 heteroatoms. The molecular formula is C8H13NO2. The lowest BCUT2D eigenvalue weighted by Gasteiger charge is -2.27. The Kier molecular flexibility index (Phi) is 1.42. The fourth-order valence-electron chi connectivity index (χ4n) is 2.33. The van der Waals surface area contributed by atoms with Crippen LogP contribution in [0, 0.1) is 5.92 Å². The molecule has 1 heterocycles. The molecule has 2 aliphatic rings. The van der Waals surface area contributed by atoms with E-state index in [1.807, 2.05) is 0 Å². The number of carboxylic acid groups (broad SMARTS) is 1. The second-order valence-electron chi connectivity index (χ2n) is 3.73. The first-order chi connectivity index (χ1) is 5.23. The van der Waals surface area contributed by atoms with Gasteiger partial charge in [-0.05, 0) is 31.7 Å². The van der Waals surface area contributed by atoms with Crippen molar-refractivity contribution in [3.8, 4) is 0 Å². The first-order valence-corrected chi connectivity index (χ1v) is 4.21. The predicted molar refractivity (Wildman–Crippen MR) is 40.3 cm³/mol. The molecule has 0 aromatic carbocycles. The van der Waals surface area contributed by atoms with Crippen LogP contribution in [-0.4, -0.2) is 23.2 Å². The lowest BCUT2D eigenvalue weighted by atomic mass is 9.80. The largest absolute Gasteiger partial charge is 0.480 e. The summed E-state index contributed by atoms with van der Waals surface area (Å²) in [6.45, 7) is 0.909. The molecule has 2 atom stereocenters. The minimum Gasteiger partial charge on any atom is -0.480 e. The number of fused-ring (bicyclic) bond motifs is 2. The number of aliphatic carboxylic acids is 1. The Morgan fingerprint density at radius 3 is 3.09 bits per heavy atom. The van der Waals surface area contributed by atoms with Crippen molar-refractivity contribution in [2.24, 2.45) is 5.92 Å². The van der Waals surface area contributed by atoms with Crippen LogP contribution < -0.4 is 5.32 Å². The van der Waals surface area contributed by atoms with Gasteiger partial charge < -0.3 is 10.4 Å². The average molecular weight is 155 g/mol. The minimum absolute atomic E-state index is 0.539. The van der Waals surface area contributed by atoms with Gasteiger partial charge in [0.05, 0.1) is 0 Å². The van der Waals surface area contributed by atoms with E-state index in [4.69, 9.17) is 5.11 Å². The van der Waals surface area contributed by atoms with E-state index in [0.717, 1.165) is 25.8 Å². The summed E-state index contributed by atoms with van der Waals surface area (Å²) >= 11 is 0. The van der Waals surface area contributed by atoms with E-state index in [9.17, 15) is 4.79 Å². The van der Waals surface area contributed by atoms with E-state index in [1.165, 1.54) is 6.42 Å². The van der Waals surface area contributed by atoms with Crippen molar-refractivity contribution in [3.63, 3.8) is 0 Å². The fraction of sp³-hybridized carbons (Fsp3) is 0.875. The van der Waals surface area contributed by atoms with Gasteiger partial charge in [0.25, 0.3) is 0 Å². The van der Waals surface area contributed by atoms with Crippen LogP contribution in [0.3, 0.4) is 0 Å². The van der Waals surface area contributed by atoms with E-state index in [0.29, 0.717) is 5.92 Å². The topological polar surface area (TPSA) is 49.3 Å². The number of nitrogens with one attached hydrogen (secondary N) is 1. The lowest BCUT2D eigenvalue weighted by Crippen LogP contribution is -2.47. The normalized spacial score (nSPS) is 42.4. The Balaban J connectivity index is 2.19. The maximum Gasteiger partial charge on any atom is 0.323 e. The van der Waals surface area contributed by atoms with Crippen molar-refractivity contribution in [2.45, 2.75) is 31.2 Å². The molecule has 0 aromatic heterocycles. The molecule has 2 N–H and O–H groups in total. The molecule has 0 amide bonds. The maximum absolute atomic E-state index is 10.9. The number of hydrogen-bond acceptors (Lipinski definition) is 2. The number of carbonyl (C=O) groups is 1. The quantitative estimate of drug-likeness (QED) is 0.583. The predicted octanol–water partition coefficient (Wildman–Crippen LogP) is 0.603. The highest BCUT2D eigenvalue weighted by molar-refractivity contribution is 5.79. The molecule has 1 saturated carbocycles. The Hall–Kier alpha value is -0.570. The summed E-state index contributed by atoms with van der Waals surface area (Å²) in [5.41, 5.74) is -0.539. The van der Waals surface area contributed by atoms with E-state index < -0.39 is 11.5 Å². The molecule has 3 nitrogen and oxygen atoms in total. The third-order valence-electron chi connectivity index (χ3n) is 2.99. The Morgan fingerprint density at radius 1 is 1.64 bits per heavy atom. The Labute approximate surface area is 65.8 Å². The van der Waals surface area contributed by atoms with Gasteiger partial charge in [0, 0.05) is 0 Å². The van der Waals surface area contributed by atoms with Gasteiger partial charge in [-0.2, -0.15) is 0 Å². The smallest absolute Gasteiger partial charge is 0.323 e.